The summed E-state index contributed by atoms with van der Waals surface area (Å²) in [6.45, 7) is 0. The molecule has 13 rings (SSSR count). The largest absolute Gasteiger partial charge is 0.309 e. The van der Waals surface area contributed by atoms with Crippen molar-refractivity contribution in [2.45, 2.75) is 0 Å². The summed E-state index contributed by atoms with van der Waals surface area (Å²) in [6.07, 6.45) is 1.95. The molecule has 0 unspecified atom stereocenters. The Morgan fingerprint density at radius 1 is 0.373 bits per heavy atom. The Hall–Kier alpha value is -7.60. The number of hydrogen-bond acceptors (Lipinski definition) is 3. The van der Waals surface area contributed by atoms with E-state index in [2.05, 4.69) is 197 Å². The summed E-state index contributed by atoms with van der Waals surface area (Å²) in [6, 6.07) is 68.0. The normalized spacial score (nSPS) is 12.1. The van der Waals surface area contributed by atoms with E-state index in [0.29, 0.717) is 0 Å². The topological polar surface area (TPSA) is 35.6 Å². The Morgan fingerprint density at radius 3 is 1.58 bits per heavy atom. The maximum atomic E-state index is 5.29. The predicted molar refractivity (Wildman–Crippen MR) is 249 cm³/mol. The summed E-state index contributed by atoms with van der Waals surface area (Å²) in [5, 5.41) is 11.1. The lowest BCUT2D eigenvalue weighted by Crippen LogP contribution is -1.95. The summed E-state index contributed by atoms with van der Waals surface area (Å²) in [5.41, 5.74) is 12.3. The van der Waals surface area contributed by atoms with Crippen molar-refractivity contribution in [2.24, 2.45) is 0 Å². The number of nitrogens with zero attached hydrogens (tertiary/aromatic N) is 4. The Morgan fingerprint density at radius 2 is 0.898 bits per heavy atom. The smallest absolute Gasteiger partial charge is 0.143 e. The molecule has 0 aliphatic carbocycles. The number of hydrogen-bond donors (Lipinski definition) is 0. The van der Waals surface area contributed by atoms with E-state index in [1.165, 1.54) is 92.1 Å². The molecule has 0 radical (unpaired) electrons. The van der Waals surface area contributed by atoms with E-state index in [4.69, 9.17) is 9.97 Å². The van der Waals surface area contributed by atoms with Crippen LogP contribution in [0.5, 0.6) is 0 Å². The lowest BCUT2D eigenvalue weighted by molar-refractivity contribution is 1.18. The van der Waals surface area contributed by atoms with Gasteiger partial charge in [-0.05, 0) is 87.9 Å². The second-order valence-electron chi connectivity index (χ2n) is 15.4. The van der Waals surface area contributed by atoms with Gasteiger partial charge < -0.3 is 9.13 Å². The van der Waals surface area contributed by atoms with E-state index in [1.807, 2.05) is 6.20 Å². The van der Waals surface area contributed by atoms with Gasteiger partial charge in [-0.15, -0.1) is 11.3 Å². The summed E-state index contributed by atoms with van der Waals surface area (Å²) in [4.78, 5) is 11.4. The van der Waals surface area contributed by atoms with E-state index < -0.39 is 0 Å². The highest BCUT2D eigenvalue weighted by molar-refractivity contribution is 7.26. The molecule has 0 saturated carbocycles. The average molecular weight is 769 g/mol. The van der Waals surface area contributed by atoms with Gasteiger partial charge in [-0.3, -0.25) is 4.98 Å². The van der Waals surface area contributed by atoms with Crippen LogP contribution in [0.4, 0.5) is 0 Å². The quantitative estimate of drug-likeness (QED) is 0.167. The van der Waals surface area contributed by atoms with Gasteiger partial charge in [-0.2, -0.15) is 0 Å². The number of rotatable bonds is 4. The molecule has 5 heteroatoms. The number of benzene rings is 9. The molecule has 0 amide bonds. The van der Waals surface area contributed by atoms with Crippen LogP contribution in [0.15, 0.2) is 194 Å². The fraction of sp³-hybridized carbons (Fsp3) is 0. The third-order valence-corrected chi connectivity index (χ3v) is 13.3. The molecule has 4 aromatic heterocycles. The molecule has 0 aliphatic rings. The highest BCUT2D eigenvalue weighted by Crippen LogP contribution is 2.44. The maximum Gasteiger partial charge on any atom is 0.143 e. The predicted octanol–water partition coefficient (Wildman–Crippen LogP) is 14.7. The molecule has 59 heavy (non-hydrogen) atoms. The van der Waals surface area contributed by atoms with E-state index in [9.17, 15) is 0 Å². The van der Waals surface area contributed by atoms with E-state index in [-0.39, 0.29) is 0 Å². The average Bonchev–Trinajstić information content (AvgIpc) is 3.97. The molecular weight excluding hydrogens is 737 g/mol. The van der Waals surface area contributed by atoms with Crippen LogP contribution in [0.2, 0.25) is 0 Å². The van der Waals surface area contributed by atoms with Crippen molar-refractivity contribution < 1.29 is 0 Å². The first-order valence-electron chi connectivity index (χ1n) is 20.0. The van der Waals surface area contributed by atoms with Crippen molar-refractivity contribution in [3.63, 3.8) is 0 Å². The molecule has 9 aromatic carbocycles. The lowest BCUT2D eigenvalue weighted by Gasteiger charge is -2.11. The van der Waals surface area contributed by atoms with E-state index >= 15 is 0 Å². The molecule has 4 nitrogen and oxygen atoms in total. The fourth-order valence-corrected chi connectivity index (χ4v) is 10.7. The summed E-state index contributed by atoms with van der Waals surface area (Å²) >= 11 is 1.74. The first-order chi connectivity index (χ1) is 29.3. The van der Waals surface area contributed by atoms with Crippen LogP contribution in [0, 0.1) is 0 Å². The van der Waals surface area contributed by atoms with Gasteiger partial charge in [0, 0.05) is 54.0 Å². The van der Waals surface area contributed by atoms with Crippen molar-refractivity contribution in [1.29, 1.82) is 0 Å². The molecular formula is C54H32N4S. The first kappa shape index (κ1) is 32.5. The molecule has 0 N–H and O–H groups in total. The van der Waals surface area contributed by atoms with Gasteiger partial charge >= 0.3 is 0 Å². The van der Waals surface area contributed by atoms with Gasteiger partial charge in [-0.25, -0.2) is 4.98 Å². The van der Waals surface area contributed by atoms with Gasteiger partial charge in [-0.1, -0.05) is 127 Å². The molecule has 13 aromatic rings. The maximum absolute atomic E-state index is 5.29. The van der Waals surface area contributed by atoms with Crippen LogP contribution < -0.4 is 0 Å². The van der Waals surface area contributed by atoms with Crippen LogP contribution in [-0.4, -0.2) is 19.1 Å². The highest BCUT2D eigenvalue weighted by atomic mass is 32.1. The van der Waals surface area contributed by atoms with Crippen molar-refractivity contribution in [1.82, 2.24) is 19.1 Å². The van der Waals surface area contributed by atoms with Crippen molar-refractivity contribution >= 4 is 96.9 Å². The summed E-state index contributed by atoms with van der Waals surface area (Å²) in [7, 11) is 0. The number of fused-ring (bicyclic) bond motifs is 14. The zero-order chi connectivity index (χ0) is 38.6. The minimum absolute atomic E-state index is 0.867. The fourth-order valence-electron chi connectivity index (χ4n) is 9.54. The van der Waals surface area contributed by atoms with Crippen molar-refractivity contribution in [2.75, 3.05) is 0 Å². The molecule has 0 bridgehead atoms. The standard InChI is InChI=1S/C54H32N4S/c1-2-14-36(15-3-1)57-47-23-10-8-19-40(47)44-30-33(25-27-49(44)57)34-26-28-50-45(31-34)41-20-9-11-24-48(41)58(50)37-16-12-13-35(29-37)46-32-55-52-51-42-21-6-4-17-38(42)39-18-5-7-22-43(39)53(51)59-54(52)56-46/h1-32H. The molecule has 4 heterocycles. The minimum atomic E-state index is 0.867. The van der Waals surface area contributed by atoms with Gasteiger partial charge in [0.05, 0.1) is 34.0 Å². The van der Waals surface area contributed by atoms with E-state index in [1.54, 1.807) is 11.3 Å². The Labute approximate surface area is 342 Å². The number of aromatic nitrogens is 4. The zero-order valence-electron chi connectivity index (χ0n) is 31.7. The molecule has 0 atom stereocenters. The van der Waals surface area contributed by atoms with Crippen molar-refractivity contribution in [3.05, 3.63) is 194 Å². The second kappa shape index (κ2) is 12.4. The molecule has 0 saturated heterocycles. The summed E-state index contributed by atoms with van der Waals surface area (Å²) in [5.74, 6) is 0. The monoisotopic (exact) mass is 768 g/mol. The third-order valence-electron chi connectivity index (χ3n) is 12.2. The molecule has 0 aliphatic heterocycles. The van der Waals surface area contributed by atoms with Gasteiger partial charge in [0.25, 0.3) is 0 Å². The third kappa shape index (κ3) is 4.77. The molecule has 0 spiro atoms. The van der Waals surface area contributed by atoms with Gasteiger partial charge in [0.15, 0.2) is 0 Å². The van der Waals surface area contributed by atoms with Crippen LogP contribution in [0.3, 0.4) is 0 Å². The Bertz CT molecular complexity index is 3850. The van der Waals surface area contributed by atoms with E-state index in [0.717, 1.165) is 27.3 Å². The minimum Gasteiger partial charge on any atom is -0.309 e. The van der Waals surface area contributed by atoms with Gasteiger partial charge in [0.2, 0.25) is 0 Å². The molecule has 274 valence electrons. The summed E-state index contributed by atoms with van der Waals surface area (Å²) < 4.78 is 6.00. The zero-order valence-corrected chi connectivity index (χ0v) is 32.5. The Balaban J connectivity index is 0.940. The Kier molecular flexibility index (Phi) is 6.85. The second-order valence-corrected chi connectivity index (χ2v) is 16.4. The van der Waals surface area contributed by atoms with Crippen molar-refractivity contribution in [3.8, 4) is 33.8 Å². The van der Waals surface area contributed by atoms with Crippen LogP contribution in [-0.2, 0) is 0 Å². The van der Waals surface area contributed by atoms with Gasteiger partial charge in [0.1, 0.15) is 10.3 Å². The molecule has 0 fully saturated rings. The number of thiophene rings is 1. The lowest BCUT2D eigenvalue weighted by atomic mass is 9.98. The SMILES string of the molecule is c1ccc(-n2c3ccccc3c3cc(-c4ccc5c(c4)c4ccccc4n5-c4cccc(-c5cnc6c(n5)sc5c7ccccc7c7ccccc7c65)c4)ccc32)cc1. The van der Waals surface area contributed by atoms with Crippen LogP contribution in [0.1, 0.15) is 0 Å². The van der Waals surface area contributed by atoms with Crippen LogP contribution >= 0.6 is 11.3 Å². The first-order valence-corrected chi connectivity index (χ1v) is 20.8. The number of para-hydroxylation sites is 3. The van der Waals surface area contributed by atoms with Crippen LogP contribution in [0.25, 0.3) is 119 Å². The highest BCUT2D eigenvalue weighted by Gasteiger charge is 2.19.